The first-order chi connectivity index (χ1) is 10.3. The molecule has 0 aliphatic carbocycles. The monoisotopic (exact) mass is 341 g/mol. The molecule has 1 N–H and O–H groups in total. The zero-order valence-corrected chi connectivity index (χ0v) is 13.3. The number of hydrogen-bond acceptors (Lipinski definition) is 3. The lowest BCUT2D eigenvalue weighted by Gasteiger charge is -2.19. The van der Waals surface area contributed by atoms with Crippen molar-refractivity contribution in [2.75, 3.05) is 6.54 Å². The number of hydrogen-bond donors (Lipinski definition) is 1. The molecule has 0 fully saturated rings. The van der Waals surface area contributed by atoms with Crippen molar-refractivity contribution in [3.05, 3.63) is 70.7 Å². The van der Waals surface area contributed by atoms with Crippen molar-refractivity contribution < 1.29 is 0 Å². The average molecular weight is 342 g/mol. The number of nitrogens with zero attached hydrogens (tertiary/aromatic N) is 2. The Kier molecular flexibility index (Phi) is 4.27. The summed E-state index contributed by atoms with van der Waals surface area (Å²) < 4.78 is 0.987. The first kappa shape index (κ1) is 14.2. The Bertz CT molecular complexity index is 735. The Balaban J connectivity index is 2.13. The van der Waals surface area contributed by atoms with E-state index in [2.05, 4.69) is 56.3 Å². The van der Waals surface area contributed by atoms with Gasteiger partial charge in [0.05, 0.1) is 11.7 Å². The fraction of sp³-hybridized carbons (Fsp3) is 0.176. The van der Waals surface area contributed by atoms with Gasteiger partial charge in [-0.1, -0.05) is 25.1 Å². The van der Waals surface area contributed by atoms with E-state index in [1.165, 1.54) is 10.9 Å². The van der Waals surface area contributed by atoms with E-state index in [0.717, 1.165) is 22.1 Å². The summed E-state index contributed by atoms with van der Waals surface area (Å²) in [4.78, 5) is 8.82. The molecule has 0 aliphatic rings. The van der Waals surface area contributed by atoms with Gasteiger partial charge in [-0.3, -0.25) is 9.97 Å². The predicted molar refractivity (Wildman–Crippen MR) is 89.2 cm³/mol. The Morgan fingerprint density at radius 1 is 1.14 bits per heavy atom. The van der Waals surface area contributed by atoms with Gasteiger partial charge in [0.2, 0.25) is 0 Å². The summed E-state index contributed by atoms with van der Waals surface area (Å²) in [6.45, 7) is 2.98. The number of pyridine rings is 2. The van der Waals surface area contributed by atoms with E-state index in [9.17, 15) is 0 Å². The minimum Gasteiger partial charge on any atom is -0.305 e. The number of nitrogens with one attached hydrogen (secondary N) is 1. The number of halogens is 1. The summed E-state index contributed by atoms with van der Waals surface area (Å²) in [6, 6.07) is 12.5. The van der Waals surface area contributed by atoms with Crippen LogP contribution in [0.3, 0.4) is 0 Å². The van der Waals surface area contributed by atoms with Crippen molar-refractivity contribution in [2.45, 2.75) is 13.0 Å². The van der Waals surface area contributed by atoms with Crippen LogP contribution in [-0.2, 0) is 0 Å². The van der Waals surface area contributed by atoms with Crippen LogP contribution in [0.15, 0.2) is 59.5 Å². The number of rotatable bonds is 4. The summed E-state index contributed by atoms with van der Waals surface area (Å²) >= 11 is 3.44. The van der Waals surface area contributed by atoms with E-state index < -0.39 is 0 Å². The van der Waals surface area contributed by atoms with Crippen molar-refractivity contribution >= 4 is 26.7 Å². The first-order valence-corrected chi connectivity index (χ1v) is 7.76. The summed E-state index contributed by atoms with van der Waals surface area (Å²) in [7, 11) is 0. The standard InChI is InChI=1S/C17H16BrN3/c1-2-20-17(16-7-6-13(18)10-21-16)14-5-3-4-12-8-9-19-11-15(12)14/h3-11,17,20H,2H2,1H3. The molecule has 0 spiro atoms. The normalized spacial score (nSPS) is 12.5. The second kappa shape index (κ2) is 6.33. The molecule has 2 heterocycles. The summed E-state index contributed by atoms with van der Waals surface area (Å²) in [5.74, 6) is 0. The van der Waals surface area contributed by atoms with Crippen molar-refractivity contribution in [2.24, 2.45) is 0 Å². The highest BCUT2D eigenvalue weighted by Gasteiger charge is 2.16. The van der Waals surface area contributed by atoms with Gasteiger partial charge in [-0.05, 0) is 51.6 Å². The zero-order chi connectivity index (χ0) is 14.7. The predicted octanol–water partition coefficient (Wildman–Crippen LogP) is 4.09. The van der Waals surface area contributed by atoms with Crippen LogP contribution in [0.4, 0.5) is 0 Å². The van der Waals surface area contributed by atoms with Crippen LogP contribution >= 0.6 is 15.9 Å². The molecule has 4 heteroatoms. The third kappa shape index (κ3) is 2.96. The smallest absolute Gasteiger partial charge is 0.0757 e. The Morgan fingerprint density at radius 3 is 2.81 bits per heavy atom. The van der Waals surface area contributed by atoms with E-state index in [0.29, 0.717) is 0 Å². The highest BCUT2D eigenvalue weighted by molar-refractivity contribution is 9.10. The van der Waals surface area contributed by atoms with Gasteiger partial charge in [0.25, 0.3) is 0 Å². The molecule has 3 nitrogen and oxygen atoms in total. The van der Waals surface area contributed by atoms with Gasteiger partial charge in [-0.15, -0.1) is 0 Å². The summed E-state index contributed by atoms with van der Waals surface area (Å²) in [6.07, 6.45) is 5.59. The Labute approximate surface area is 132 Å². The van der Waals surface area contributed by atoms with Crippen LogP contribution in [0.1, 0.15) is 24.2 Å². The highest BCUT2D eigenvalue weighted by Crippen LogP contribution is 2.28. The van der Waals surface area contributed by atoms with Crippen molar-refractivity contribution in [1.82, 2.24) is 15.3 Å². The fourth-order valence-corrected chi connectivity index (χ4v) is 2.76. The van der Waals surface area contributed by atoms with Crippen LogP contribution in [0.2, 0.25) is 0 Å². The molecule has 0 amide bonds. The van der Waals surface area contributed by atoms with Gasteiger partial charge in [-0.2, -0.15) is 0 Å². The van der Waals surface area contributed by atoms with E-state index in [4.69, 9.17) is 0 Å². The second-order valence-corrected chi connectivity index (χ2v) is 5.75. The van der Waals surface area contributed by atoms with Crippen LogP contribution in [0.5, 0.6) is 0 Å². The molecule has 0 saturated heterocycles. The minimum atomic E-state index is 0.0657. The number of aromatic nitrogens is 2. The van der Waals surface area contributed by atoms with Crippen LogP contribution < -0.4 is 5.32 Å². The van der Waals surface area contributed by atoms with Crippen molar-refractivity contribution in [1.29, 1.82) is 0 Å². The maximum absolute atomic E-state index is 4.55. The molecule has 1 aromatic carbocycles. The Morgan fingerprint density at radius 2 is 2.05 bits per heavy atom. The molecule has 0 aliphatic heterocycles. The molecular weight excluding hydrogens is 326 g/mol. The summed E-state index contributed by atoms with van der Waals surface area (Å²) in [5.41, 5.74) is 2.22. The van der Waals surface area contributed by atoms with E-state index in [1.807, 2.05) is 36.8 Å². The van der Waals surface area contributed by atoms with E-state index in [1.54, 1.807) is 0 Å². The largest absolute Gasteiger partial charge is 0.305 e. The third-order valence-electron chi connectivity index (χ3n) is 3.48. The van der Waals surface area contributed by atoms with E-state index >= 15 is 0 Å². The molecule has 1 unspecified atom stereocenters. The molecule has 2 aromatic heterocycles. The SMILES string of the molecule is CCNC(c1ccc(Br)cn1)c1cccc2ccncc12. The van der Waals surface area contributed by atoms with Gasteiger partial charge in [0.15, 0.2) is 0 Å². The zero-order valence-electron chi connectivity index (χ0n) is 11.8. The molecule has 0 radical (unpaired) electrons. The first-order valence-electron chi connectivity index (χ1n) is 6.97. The molecule has 0 saturated carbocycles. The fourth-order valence-electron chi connectivity index (χ4n) is 2.52. The topological polar surface area (TPSA) is 37.8 Å². The van der Waals surface area contributed by atoms with Crippen LogP contribution in [0.25, 0.3) is 10.8 Å². The molecule has 106 valence electrons. The molecule has 3 aromatic rings. The molecular formula is C17H16BrN3. The van der Waals surface area contributed by atoms with Gasteiger partial charge >= 0.3 is 0 Å². The van der Waals surface area contributed by atoms with Gasteiger partial charge in [0.1, 0.15) is 0 Å². The van der Waals surface area contributed by atoms with Gasteiger partial charge in [-0.25, -0.2) is 0 Å². The third-order valence-corrected chi connectivity index (χ3v) is 3.95. The lowest BCUT2D eigenvalue weighted by molar-refractivity contribution is 0.619. The Hall–Kier alpha value is -1.78. The quantitative estimate of drug-likeness (QED) is 0.776. The van der Waals surface area contributed by atoms with Crippen LogP contribution in [-0.4, -0.2) is 16.5 Å². The lowest BCUT2D eigenvalue weighted by Crippen LogP contribution is -2.23. The average Bonchev–Trinajstić information content (AvgIpc) is 2.53. The maximum atomic E-state index is 4.55. The molecule has 0 bridgehead atoms. The molecule has 1 atom stereocenters. The van der Waals surface area contributed by atoms with E-state index in [-0.39, 0.29) is 6.04 Å². The number of benzene rings is 1. The summed E-state index contributed by atoms with van der Waals surface area (Å²) in [5, 5.41) is 5.88. The van der Waals surface area contributed by atoms with Crippen LogP contribution in [0, 0.1) is 0 Å². The highest BCUT2D eigenvalue weighted by atomic mass is 79.9. The van der Waals surface area contributed by atoms with Gasteiger partial charge in [0, 0.05) is 28.4 Å². The lowest BCUT2D eigenvalue weighted by atomic mass is 9.97. The molecule has 21 heavy (non-hydrogen) atoms. The van der Waals surface area contributed by atoms with Crippen molar-refractivity contribution in [3.63, 3.8) is 0 Å². The minimum absolute atomic E-state index is 0.0657. The van der Waals surface area contributed by atoms with Gasteiger partial charge < -0.3 is 5.32 Å². The molecule has 3 rings (SSSR count). The maximum Gasteiger partial charge on any atom is 0.0757 e. The van der Waals surface area contributed by atoms with Crippen molar-refractivity contribution in [3.8, 4) is 0 Å². The number of fused-ring (bicyclic) bond motifs is 1. The second-order valence-electron chi connectivity index (χ2n) is 4.84.